The summed E-state index contributed by atoms with van der Waals surface area (Å²) in [7, 11) is 0. The van der Waals surface area contributed by atoms with E-state index in [1.165, 1.54) is 11.0 Å². The molecule has 4 rings (SSSR count). The summed E-state index contributed by atoms with van der Waals surface area (Å²) in [5.74, 6) is -0.515. The highest BCUT2D eigenvalue weighted by atomic mass is 16.2. The second-order valence-corrected chi connectivity index (χ2v) is 7.23. The van der Waals surface area contributed by atoms with Gasteiger partial charge < -0.3 is 10.6 Å². The fraction of sp³-hybridized carbons (Fsp3) is 0.286. The van der Waals surface area contributed by atoms with E-state index < -0.39 is 0 Å². The van der Waals surface area contributed by atoms with E-state index in [9.17, 15) is 14.4 Å². The van der Waals surface area contributed by atoms with Crippen LogP contribution < -0.4 is 15.5 Å². The summed E-state index contributed by atoms with van der Waals surface area (Å²) >= 11 is 0. The van der Waals surface area contributed by atoms with Gasteiger partial charge in [-0.1, -0.05) is 12.1 Å². The van der Waals surface area contributed by atoms with Crippen LogP contribution in [0.3, 0.4) is 0 Å². The number of amides is 3. The van der Waals surface area contributed by atoms with E-state index in [-0.39, 0.29) is 23.3 Å². The maximum absolute atomic E-state index is 12.9. The topological polar surface area (TPSA) is 78.5 Å². The lowest BCUT2D eigenvalue weighted by molar-refractivity contribution is 0.0922. The molecule has 2 aliphatic rings. The molecule has 0 atom stereocenters. The molecule has 1 saturated heterocycles. The van der Waals surface area contributed by atoms with Crippen molar-refractivity contribution in [2.24, 2.45) is 5.92 Å². The molecule has 0 spiro atoms. The zero-order chi connectivity index (χ0) is 19.1. The maximum Gasteiger partial charge on any atom is 0.266 e. The van der Waals surface area contributed by atoms with Crippen LogP contribution in [0.1, 0.15) is 42.2 Å². The average molecular weight is 363 g/mol. The molecule has 2 aliphatic heterocycles. The first-order chi connectivity index (χ1) is 13.0. The molecule has 2 aromatic carbocycles. The molecule has 0 aromatic heterocycles. The van der Waals surface area contributed by atoms with Crippen LogP contribution in [0.5, 0.6) is 0 Å². The molecule has 6 nitrogen and oxygen atoms in total. The monoisotopic (exact) mass is 363 g/mol. The Kier molecular flexibility index (Phi) is 4.28. The molecule has 6 heteroatoms. The third-order valence-electron chi connectivity index (χ3n) is 5.17. The first kappa shape index (κ1) is 17.4. The minimum Gasteiger partial charge on any atom is -0.352 e. The van der Waals surface area contributed by atoms with Crippen molar-refractivity contribution >= 4 is 23.4 Å². The van der Waals surface area contributed by atoms with Crippen molar-refractivity contribution in [2.75, 3.05) is 24.5 Å². The van der Waals surface area contributed by atoms with E-state index in [0.29, 0.717) is 29.3 Å². The minimum absolute atomic E-state index is 0.227. The SMILES string of the molecule is Cc1ccc(C)c(N2C(=O)c3ccc(C(=O)NCC4CNC4)cc3C2=O)c1. The molecule has 2 aromatic rings. The molecule has 3 amide bonds. The maximum atomic E-state index is 12.9. The molecule has 27 heavy (non-hydrogen) atoms. The number of nitrogens with one attached hydrogen (secondary N) is 2. The van der Waals surface area contributed by atoms with E-state index in [0.717, 1.165) is 24.2 Å². The summed E-state index contributed by atoms with van der Waals surface area (Å²) < 4.78 is 0. The number of aryl methyl sites for hydroxylation is 2. The Morgan fingerprint density at radius 1 is 1.07 bits per heavy atom. The van der Waals surface area contributed by atoms with Gasteiger partial charge in [-0.15, -0.1) is 0 Å². The van der Waals surface area contributed by atoms with Gasteiger partial charge in [0.25, 0.3) is 17.7 Å². The van der Waals surface area contributed by atoms with Crippen LogP contribution in [0.25, 0.3) is 0 Å². The van der Waals surface area contributed by atoms with E-state index in [4.69, 9.17) is 0 Å². The summed E-state index contributed by atoms with van der Waals surface area (Å²) in [4.78, 5) is 39.3. The van der Waals surface area contributed by atoms with Gasteiger partial charge in [-0.25, -0.2) is 4.90 Å². The Morgan fingerprint density at radius 3 is 2.52 bits per heavy atom. The third kappa shape index (κ3) is 3.02. The molecular weight excluding hydrogens is 342 g/mol. The normalized spacial score (nSPS) is 16.3. The van der Waals surface area contributed by atoms with Crippen molar-refractivity contribution in [3.63, 3.8) is 0 Å². The molecule has 0 saturated carbocycles. The van der Waals surface area contributed by atoms with Gasteiger partial charge in [-0.05, 0) is 49.2 Å². The first-order valence-corrected chi connectivity index (χ1v) is 9.04. The Hall–Kier alpha value is -2.99. The van der Waals surface area contributed by atoms with E-state index in [1.54, 1.807) is 12.1 Å². The summed E-state index contributed by atoms with van der Waals surface area (Å²) in [6.07, 6.45) is 0. The van der Waals surface area contributed by atoms with Crippen LogP contribution >= 0.6 is 0 Å². The molecule has 0 radical (unpaired) electrons. The van der Waals surface area contributed by atoms with Gasteiger partial charge in [0.1, 0.15) is 0 Å². The van der Waals surface area contributed by atoms with Gasteiger partial charge in [0.2, 0.25) is 0 Å². The Bertz CT molecular complexity index is 963. The highest BCUT2D eigenvalue weighted by molar-refractivity contribution is 6.35. The predicted molar refractivity (Wildman–Crippen MR) is 102 cm³/mol. The molecule has 2 N–H and O–H groups in total. The average Bonchev–Trinajstić information content (AvgIpc) is 2.86. The molecule has 0 bridgehead atoms. The fourth-order valence-corrected chi connectivity index (χ4v) is 3.39. The highest BCUT2D eigenvalue weighted by Gasteiger charge is 2.37. The van der Waals surface area contributed by atoms with Crippen LogP contribution in [0.2, 0.25) is 0 Å². The van der Waals surface area contributed by atoms with Crippen molar-refractivity contribution in [1.29, 1.82) is 0 Å². The van der Waals surface area contributed by atoms with Crippen LogP contribution in [-0.4, -0.2) is 37.4 Å². The summed E-state index contributed by atoms with van der Waals surface area (Å²) in [5.41, 5.74) is 3.41. The van der Waals surface area contributed by atoms with Crippen molar-refractivity contribution in [3.05, 3.63) is 64.2 Å². The summed E-state index contributed by atoms with van der Waals surface area (Å²) in [5, 5.41) is 6.05. The number of imide groups is 1. The summed E-state index contributed by atoms with van der Waals surface area (Å²) in [6.45, 7) is 6.20. The quantitative estimate of drug-likeness (QED) is 0.815. The lowest BCUT2D eigenvalue weighted by Gasteiger charge is -2.27. The number of carbonyl (C=O) groups is 3. The predicted octanol–water partition coefficient (Wildman–Crippen LogP) is 2.05. The zero-order valence-corrected chi connectivity index (χ0v) is 15.3. The molecular formula is C21H21N3O3. The summed E-state index contributed by atoms with van der Waals surface area (Å²) in [6, 6.07) is 10.4. The molecule has 138 valence electrons. The largest absolute Gasteiger partial charge is 0.352 e. The second kappa shape index (κ2) is 6.63. The Balaban J connectivity index is 1.61. The number of benzene rings is 2. The van der Waals surface area contributed by atoms with Crippen molar-refractivity contribution in [3.8, 4) is 0 Å². The van der Waals surface area contributed by atoms with E-state index in [1.807, 2.05) is 32.0 Å². The highest BCUT2D eigenvalue weighted by Crippen LogP contribution is 2.31. The molecule has 1 fully saturated rings. The van der Waals surface area contributed by atoms with Gasteiger partial charge in [-0.2, -0.15) is 0 Å². The number of nitrogens with zero attached hydrogens (tertiary/aromatic N) is 1. The smallest absolute Gasteiger partial charge is 0.266 e. The van der Waals surface area contributed by atoms with E-state index in [2.05, 4.69) is 10.6 Å². The first-order valence-electron chi connectivity index (χ1n) is 9.04. The van der Waals surface area contributed by atoms with Gasteiger partial charge >= 0.3 is 0 Å². The number of fused-ring (bicyclic) bond motifs is 1. The van der Waals surface area contributed by atoms with Crippen molar-refractivity contribution < 1.29 is 14.4 Å². The van der Waals surface area contributed by atoms with Crippen LogP contribution in [0.4, 0.5) is 5.69 Å². The molecule has 0 unspecified atom stereocenters. The lowest BCUT2D eigenvalue weighted by Crippen LogP contribution is -2.48. The van der Waals surface area contributed by atoms with Gasteiger partial charge in [0, 0.05) is 31.1 Å². The fourth-order valence-electron chi connectivity index (χ4n) is 3.39. The van der Waals surface area contributed by atoms with Crippen LogP contribution in [-0.2, 0) is 0 Å². The minimum atomic E-state index is -0.387. The number of anilines is 1. The Labute approximate surface area is 157 Å². The van der Waals surface area contributed by atoms with Gasteiger partial charge in [0.05, 0.1) is 16.8 Å². The van der Waals surface area contributed by atoms with Crippen LogP contribution in [0.15, 0.2) is 36.4 Å². The second-order valence-electron chi connectivity index (χ2n) is 7.23. The molecule has 2 heterocycles. The van der Waals surface area contributed by atoms with Crippen LogP contribution in [0, 0.1) is 19.8 Å². The van der Waals surface area contributed by atoms with Crippen molar-refractivity contribution in [1.82, 2.24) is 10.6 Å². The Morgan fingerprint density at radius 2 is 1.81 bits per heavy atom. The van der Waals surface area contributed by atoms with Crippen molar-refractivity contribution in [2.45, 2.75) is 13.8 Å². The third-order valence-corrected chi connectivity index (χ3v) is 5.17. The number of hydrogen-bond donors (Lipinski definition) is 2. The lowest BCUT2D eigenvalue weighted by atomic mass is 10.0. The standard InChI is InChI=1S/C21H21N3O3/c1-12-3-4-13(2)18(7-12)24-20(26)16-6-5-15(8-17(16)21(24)27)19(25)23-11-14-9-22-10-14/h3-8,14,22H,9-11H2,1-2H3,(H,23,25). The number of hydrogen-bond acceptors (Lipinski definition) is 4. The van der Waals surface area contributed by atoms with Gasteiger partial charge in [0.15, 0.2) is 0 Å². The van der Waals surface area contributed by atoms with E-state index >= 15 is 0 Å². The zero-order valence-electron chi connectivity index (χ0n) is 15.3. The molecule has 0 aliphatic carbocycles. The number of rotatable bonds is 4. The van der Waals surface area contributed by atoms with Gasteiger partial charge in [-0.3, -0.25) is 14.4 Å². The number of carbonyl (C=O) groups excluding carboxylic acids is 3.